The lowest BCUT2D eigenvalue weighted by Gasteiger charge is -2.09. The summed E-state index contributed by atoms with van der Waals surface area (Å²) in [7, 11) is 0. The number of aromatic carboxylic acids is 1. The third-order valence-corrected chi connectivity index (χ3v) is 4.43. The van der Waals surface area contributed by atoms with E-state index >= 15 is 0 Å². The maximum atomic E-state index is 12.6. The number of anilines is 1. The number of carboxylic acid groups (broad SMARTS) is 1. The van der Waals surface area contributed by atoms with Crippen molar-refractivity contribution in [3.05, 3.63) is 65.4 Å². The van der Waals surface area contributed by atoms with E-state index in [1.807, 2.05) is 6.92 Å². The molecule has 0 spiro atoms. The zero-order valence-electron chi connectivity index (χ0n) is 14.9. The van der Waals surface area contributed by atoms with Crippen molar-refractivity contribution in [3.63, 3.8) is 0 Å². The highest BCUT2D eigenvalue weighted by molar-refractivity contribution is 6.02. The van der Waals surface area contributed by atoms with Crippen LogP contribution in [0.1, 0.15) is 28.5 Å². The standard InChI is InChI=1S/C20H17F3N2O3/c1-2-25-16-6-4-3-5-14(16)15(18(25)19(27)28)11-17(26)24-13-9-7-12(8-10-13)20(21,22)23/h3-10H,2,11H2,1H3,(H,24,26)(H,27,28). The fourth-order valence-electron chi connectivity index (χ4n) is 3.24. The third kappa shape index (κ3) is 3.71. The maximum Gasteiger partial charge on any atom is 0.416 e. The minimum absolute atomic E-state index is 0.0336. The molecule has 0 saturated heterocycles. The molecule has 28 heavy (non-hydrogen) atoms. The Morgan fingerprint density at radius 2 is 1.71 bits per heavy atom. The van der Waals surface area contributed by atoms with Gasteiger partial charge >= 0.3 is 12.1 Å². The molecule has 2 N–H and O–H groups in total. The Balaban J connectivity index is 1.89. The van der Waals surface area contributed by atoms with Crippen LogP contribution in [0.5, 0.6) is 0 Å². The average Bonchev–Trinajstić information content (AvgIpc) is 2.95. The van der Waals surface area contributed by atoms with Gasteiger partial charge in [-0.25, -0.2) is 4.79 Å². The van der Waals surface area contributed by atoms with Crippen molar-refractivity contribution >= 4 is 28.5 Å². The Morgan fingerprint density at radius 3 is 2.29 bits per heavy atom. The summed E-state index contributed by atoms with van der Waals surface area (Å²) in [5.41, 5.74) is 0.499. The summed E-state index contributed by atoms with van der Waals surface area (Å²) >= 11 is 0. The molecule has 2 aromatic carbocycles. The highest BCUT2D eigenvalue weighted by Gasteiger charge is 2.30. The van der Waals surface area contributed by atoms with Crippen LogP contribution in [0.2, 0.25) is 0 Å². The summed E-state index contributed by atoms with van der Waals surface area (Å²) in [4.78, 5) is 24.2. The van der Waals surface area contributed by atoms with Crippen LogP contribution in [0.25, 0.3) is 10.9 Å². The minimum Gasteiger partial charge on any atom is -0.477 e. The van der Waals surface area contributed by atoms with E-state index in [0.29, 0.717) is 23.0 Å². The van der Waals surface area contributed by atoms with Crippen molar-refractivity contribution in [1.82, 2.24) is 4.57 Å². The number of benzene rings is 2. The monoisotopic (exact) mass is 390 g/mol. The number of alkyl halides is 3. The molecule has 0 aliphatic rings. The first kappa shape index (κ1) is 19.5. The van der Waals surface area contributed by atoms with Crippen LogP contribution in [0.15, 0.2) is 48.5 Å². The van der Waals surface area contributed by atoms with Gasteiger partial charge in [0.05, 0.1) is 12.0 Å². The third-order valence-electron chi connectivity index (χ3n) is 4.43. The van der Waals surface area contributed by atoms with Crippen LogP contribution in [0.4, 0.5) is 18.9 Å². The fraction of sp³-hybridized carbons (Fsp3) is 0.200. The number of para-hydroxylation sites is 1. The van der Waals surface area contributed by atoms with Gasteiger partial charge in [-0.05, 0) is 37.3 Å². The van der Waals surface area contributed by atoms with Crippen LogP contribution in [0, 0.1) is 0 Å². The first-order valence-electron chi connectivity index (χ1n) is 8.53. The number of hydrogen-bond acceptors (Lipinski definition) is 2. The SMILES string of the molecule is CCn1c(C(=O)O)c(CC(=O)Nc2ccc(C(F)(F)F)cc2)c2ccccc21. The van der Waals surface area contributed by atoms with E-state index in [-0.39, 0.29) is 17.8 Å². The molecule has 8 heteroatoms. The maximum absolute atomic E-state index is 12.6. The number of halogens is 3. The molecule has 5 nitrogen and oxygen atoms in total. The summed E-state index contributed by atoms with van der Waals surface area (Å²) < 4.78 is 39.5. The zero-order chi connectivity index (χ0) is 20.5. The van der Waals surface area contributed by atoms with Gasteiger partial charge in [-0.15, -0.1) is 0 Å². The summed E-state index contributed by atoms with van der Waals surface area (Å²) in [6.45, 7) is 2.23. The van der Waals surface area contributed by atoms with Crippen LogP contribution >= 0.6 is 0 Å². The molecular formula is C20H17F3N2O3. The van der Waals surface area contributed by atoms with E-state index in [1.54, 1.807) is 28.8 Å². The molecular weight excluding hydrogens is 373 g/mol. The molecule has 0 radical (unpaired) electrons. The molecule has 0 atom stereocenters. The molecule has 1 heterocycles. The second-order valence-electron chi connectivity index (χ2n) is 6.19. The predicted molar refractivity (Wildman–Crippen MR) is 98.3 cm³/mol. The summed E-state index contributed by atoms with van der Waals surface area (Å²) in [5, 5.41) is 12.8. The van der Waals surface area contributed by atoms with E-state index in [0.717, 1.165) is 24.3 Å². The van der Waals surface area contributed by atoms with Crippen molar-refractivity contribution in [3.8, 4) is 0 Å². The van der Waals surface area contributed by atoms with E-state index in [2.05, 4.69) is 5.32 Å². The minimum atomic E-state index is -4.46. The number of nitrogens with zero attached hydrogens (tertiary/aromatic N) is 1. The number of carbonyl (C=O) groups excluding carboxylic acids is 1. The van der Waals surface area contributed by atoms with E-state index in [4.69, 9.17) is 0 Å². The predicted octanol–water partition coefficient (Wildman–Crippen LogP) is 4.56. The number of aromatic nitrogens is 1. The van der Waals surface area contributed by atoms with Crippen LogP contribution in [-0.4, -0.2) is 21.6 Å². The van der Waals surface area contributed by atoms with Gasteiger partial charge in [0.2, 0.25) is 5.91 Å². The number of nitrogens with one attached hydrogen (secondary N) is 1. The number of rotatable bonds is 5. The van der Waals surface area contributed by atoms with Gasteiger partial charge in [0.15, 0.2) is 0 Å². The van der Waals surface area contributed by atoms with Gasteiger partial charge in [0.25, 0.3) is 0 Å². The zero-order valence-corrected chi connectivity index (χ0v) is 14.9. The highest BCUT2D eigenvalue weighted by atomic mass is 19.4. The molecule has 0 aliphatic carbocycles. The van der Waals surface area contributed by atoms with E-state index in [1.165, 1.54) is 0 Å². The van der Waals surface area contributed by atoms with Gasteiger partial charge in [-0.3, -0.25) is 4.79 Å². The van der Waals surface area contributed by atoms with Crippen molar-refractivity contribution < 1.29 is 27.9 Å². The first-order valence-corrected chi connectivity index (χ1v) is 8.53. The smallest absolute Gasteiger partial charge is 0.416 e. The first-order chi connectivity index (χ1) is 13.2. The normalized spacial score (nSPS) is 11.6. The van der Waals surface area contributed by atoms with Crippen LogP contribution in [-0.2, 0) is 23.9 Å². The molecule has 1 amide bonds. The Bertz CT molecular complexity index is 1040. The Hall–Kier alpha value is -3.29. The van der Waals surface area contributed by atoms with Gasteiger partial charge < -0.3 is 15.0 Å². The number of aryl methyl sites for hydroxylation is 1. The molecule has 0 saturated carbocycles. The van der Waals surface area contributed by atoms with Crippen molar-refractivity contribution in [2.75, 3.05) is 5.32 Å². The molecule has 3 rings (SSSR count). The Morgan fingerprint density at radius 1 is 1.07 bits per heavy atom. The van der Waals surface area contributed by atoms with E-state index < -0.39 is 23.6 Å². The second kappa shape index (κ2) is 7.38. The van der Waals surface area contributed by atoms with Gasteiger partial charge in [0.1, 0.15) is 5.69 Å². The molecule has 1 aromatic heterocycles. The molecule has 3 aromatic rings. The molecule has 0 unspecified atom stereocenters. The van der Waals surface area contributed by atoms with Crippen molar-refractivity contribution in [2.45, 2.75) is 26.1 Å². The molecule has 0 aliphatic heterocycles. The topological polar surface area (TPSA) is 71.3 Å². The number of hydrogen-bond donors (Lipinski definition) is 2. The molecule has 0 fully saturated rings. The lowest BCUT2D eigenvalue weighted by Crippen LogP contribution is -2.17. The number of carbonyl (C=O) groups is 2. The number of carboxylic acids is 1. The lowest BCUT2D eigenvalue weighted by molar-refractivity contribution is -0.137. The quantitative estimate of drug-likeness (QED) is 0.671. The Kier molecular flexibility index (Phi) is 5.13. The van der Waals surface area contributed by atoms with Crippen molar-refractivity contribution in [2.24, 2.45) is 0 Å². The lowest BCUT2D eigenvalue weighted by atomic mass is 10.1. The highest BCUT2D eigenvalue weighted by Crippen LogP contribution is 2.30. The number of fused-ring (bicyclic) bond motifs is 1. The number of amides is 1. The summed E-state index contributed by atoms with van der Waals surface area (Å²) in [6.07, 6.45) is -4.67. The second-order valence-corrected chi connectivity index (χ2v) is 6.19. The van der Waals surface area contributed by atoms with Gasteiger partial charge in [-0.2, -0.15) is 13.2 Å². The largest absolute Gasteiger partial charge is 0.477 e. The summed E-state index contributed by atoms with van der Waals surface area (Å²) in [6, 6.07) is 11.1. The fourth-order valence-corrected chi connectivity index (χ4v) is 3.24. The van der Waals surface area contributed by atoms with Gasteiger partial charge in [0, 0.05) is 28.7 Å². The summed E-state index contributed by atoms with van der Waals surface area (Å²) in [5.74, 6) is -1.66. The van der Waals surface area contributed by atoms with Crippen molar-refractivity contribution in [1.29, 1.82) is 0 Å². The van der Waals surface area contributed by atoms with E-state index in [9.17, 15) is 27.9 Å². The molecule has 0 bridgehead atoms. The Labute approximate surface area is 158 Å². The molecule has 146 valence electrons. The average molecular weight is 390 g/mol. The van der Waals surface area contributed by atoms with Gasteiger partial charge in [-0.1, -0.05) is 18.2 Å². The van der Waals surface area contributed by atoms with Crippen LogP contribution < -0.4 is 5.32 Å². The van der Waals surface area contributed by atoms with Crippen LogP contribution in [0.3, 0.4) is 0 Å².